The van der Waals surface area contributed by atoms with Crippen molar-refractivity contribution in [3.63, 3.8) is 0 Å². The van der Waals surface area contributed by atoms with Crippen LogP contribution >= 0.6 is 0 Å². The molecule has 0 aliphatic carbocycles. The van der Waals surface area contributed by atoms with Crippen molar-refractivity contribution in [3.05, 3.63) is 53.3 Å². The Balaban J connectivity index is 2.03. The van der Waals surface area contributed by atoms with Gasteiger partial charge >= 0.3 is 5.97 Å². The fraction of sp³-hybridized carbons (Fsp3) is 0.300. The van der Waals surface area contributed by atoms with E-state index >= 15 is 0 Å². The molecule has 1 unspecified atom stereocenters. The number of methoxy groups -OCH3 is 2. The van der Waals surface area contributed by atoms with E-state index in [1.54, 1.807) is 18.2 Å². The Kier molecular flexibility index (Phi) is 5.79. The van der Waals surface area contributed by atoms with Gasteiger partial charge in [0.1, 0.15) is 23.4 Å². The largest absolute Gasteiger partial charge is 0.497 e. The maximum absolute atomic E-state index is 13.9. The van der Waals surface area contributed by atoms with Gasteiger partial charge in [-0.15, -0.1) is 0 Å². The maximum atomic E-state index is 13.9. The maximum Gasteiger partial charge on any atom is 0.306 e. The molecular formula is C20H20FNO6. The van der Waals surface area contributed by atoms with Gasteiger partial charge in [0.05, 0.1) is 39.5 Å². The number of aliphatic carboxylic acids is 1. The summed E-state index contributed by atoms with van der Waals surface area (Å²) in [4.78, 5) is 25.5. The lowest BCUT2D eigenvalue weighted by molar-refractivity contribution is -0.145. The van der Waals surface area contributed by atoms with E-state index in [9.17, 15) is 14.0 Å². The first-order valence-electron chi connectivity index (χ1n) is 8.57. The van der Waals surface area contributed by atoms with Crippen LogP contribution in [0.3, 0.4) is 0 Å². The number of benzene rings is 2. The number of ether oxygens (including phenoxy) is 3. The molecule has 2 aromatic carbocycles. The third-order valence-corrected chi connectivity index (χ3v) is 4.50. The van der Waals surface area contributed by atoms with E-state index in [0.29, 0.717) is 28.3 Å². The Hall–Kier alpha value is -3.13. The van der Waals surface area contributed by atoms with Crippen molar-refractivity contribution in [2.45, 2.75) is 25.7 Å². The summed E-state index contributed by atoms with van der Waals surface area (Å²) in [7, 11) is 3.02. The zero-order valence-electron chi connectivity index (χ0n) is 15.5. The molecule has 0 saturated heterocycles. The third kappa shape index (κ3) is 4.07. The number of carbonyl (C=O) groups excluding carboxylic acids is 1. The van der Waals surface area contributed by atoms with E-state index in [-0.39, 0.29) is 13.2 Å². The molecule has 0 spiro atoms. The summed E-state index contributed by atoms with van der Waals surface area (Å²) in [5, 5.41) is 9.11. The van der Waals surface area contributed by atoms with E-state index in [2.05, 4.69) is 0 Å². The summed E-state index contributed by atoms with van der Waals surface area (Å²) in [6, 6.07) is 9.18. The van der Waals surface area contributed by atoms with E-state index in [1.165, 1.54) is 37.3 Å². The van der Waals surface area contributed by atoms with Crippen molar-refractivity contribution in [3.8, 4) is 11.5 Å². The zero-order valence-corrected chi connectivity index (χ0v) is 15.5. The molecule has 7 nitrogen and oxygen atoms in total. The molecule has 8 heteroatoms. The summed E-state index contributed by atoms with van der Waals surface area (Å²) in [5.41, 5.74) is 1.59. The van der Waals surface area contributed by atoms with Crippen LogP contribution in [-0.4, -0.2) is 37.3 Å². The number of fused-ring (bicyclic) bond motifs is 1. The second kappa shape index (κ2) is 8.26. The van der Waals surface area contributed by atoms with E-state index in [0.717, 1.165) is 0 Å². The van der Waals surface area contributed by atoms with Crippen LogP contribution in [0.25, 0.3) is 0 Å². The molecule has 1 atom stereocenters. The monoisotopic (exact) mass is 389 g/mol. The minimum atomic E-state index is -1.17. The molecule has 148 valence electrons. The van der Waals surface area contributed by atoms with Crippen molar-refractivity contribution in [1.82, 2.24) is 0 Å². The molecule has 1 N–H and O–H groups in total. The molecule has 1 heterocycles. The first-order valence-corrected chi connectivity index (χ1v) is 8.57. The smallest absolute Gasteiger partial charge is 0.306 e. The number of carboxylic acids is 1. The quantitative estimate of drug-likeness (QED) is 0.818. The molecule has 3 rings (SSSR count). The fourth-order valence-electron chi connectivity index (χ4n) is 3.09. The lowest BCUT2D eigenvalue weighted by Crippen LogP contribution is -2.40. The van der Waals surface area contributed by atoms with Gasteiger partial charge in [-0.05, 0) is 24.3 Å². The van der Waals surface area contributed by atoms with Crippen molar-refractivity contribution >= 4 is 17.6 Å². The molecule has 0 fully saturated rings. The molecule has 0 aromatic heterocycles. The topological polar surface area (TPSA) is 85.3 Å². The molecule has 0 bridgehead atoms. The van der Waals surface area contributed by atoms with Crippen LogP contribution in [0, 0.1) is 5.82 Å². The van der Waals surface area contributed by atoms with Gasteiger partial charge in [-0.2, -0.15) is 0 Å². The Bertz CT molecular complexity index is 900. The molecule has 2 aromatic rings. The Morgan fingerprint density at radius 1 is 1.25 bits per heavy atom. The molecule has 0 saturated carbocycles. The lowest BCUT2D eigenvalue weighted by Gasteiger charge is -2.25. The number of carbonyl (C=O) groups is 2. The highest BCUT2D eigenvalue weighted by molar-refractivity contribution is 5.99. The van der Waals surface area contributed by atoms with Crippen LogP contribution in [0.1, 0.15) is 17.5 Å². The van der Waals surface area contributed by atoms with Gasteiger partial charge in [-0.3, -0.25) is 9.59 Å². The van der Waals surface area contributed by atoms with Crippen molar-refractivity contribution in [2.75, 3.05) is 19.1 Å². The van der Waals surface area contributed by atoms with Crippen LogP contribution in [0.2, 0.25) is 0 Å². The number of amides is 1. The average Bonchev–Trinajstić information content (AvgIpc) is 2.80. The van der Waals surface area contributed by atoms with Gasteiger partial charge < -0.3 is 24.2 Å². The van der Waals surface area contributed by atoms with Crippen LogP contribution in [0.15, 0.2) is 36.4 Å². The first-order chi connectivity index (χ1) is 13.4. The number of halogens is 1. The zero-order chi connectivity index (χ0) is 20.3. The second-order valence-corrected chi connectivity index (χ2v) is 6.27. The highest BCUT2D eigenvalue weighted by Gasteiger charge is 2.33. The number of anilines is 1. The van der Waals surface area contributed by atoms with Crippen LogP contribution in [0.4, 0.5) is 10.1 Å². The minimum Gasteiger partial charge on any atom is -0.497 e. The number of hydrogen-bond donors (Lipinski definition) is 1. The normalized spacial score (nSPS) is 16.3. The molecule has 0 radical (unpaired) electrons. The van der Waals surface area contributed by atoms with Crippen molar-refractivity contribution in [2.24, 2.45) is 0 Å². The number of nitrogens with zero attached hydrogens (tertiary/aromatic N) is 1. The van der Waals surface area contributed by atoms with Crippen LogP contribution in [0.5, 0.6) is 11.5 Å². The summed E-state index contributed by atoms with van der Waals surface area (Å²) in [5.74, 6) is -1.14. The SMILES string of the molecule is COc1ccc(CN2C(=O)C(CC(=O)O)OCc3ccc(F)cc32)c(OC)c1. The van der Waals surface area contributed by atoms with Gasteiger partial charge in [-0.1, -0.05) is 6.07 Å². The standard InChI is InChI=1S/C20H20FNO6/c1-26-15-6-4-12(17(8-15)27-2)10-22-16-7-14(21)5-3-13(16)11-28-18(20(22)25)9-19(23)24/h3-8,18H,9-11H2,1-2H3,(H,23,24). The van der Waals surface area contributed by atoms with Crippen molar-refractivity contribution < 1.29 is 33.3 Å². The van der Waals surface area contributed by atoms with Gasteiger partial charge in [-0.25, -0.2) is 4.39 Å². The van der Waals surface area contributed by atoms with Gasteiger partial charge in [0.15, 0.2) is 0 Å². The molecule has 1 amide bonds. The number of hydrogen-bond acceptors (Lipinski definition) is 5. The van der Waals surface area contributed by atoms with E-state index in [1.807, 2.05) is 0 Å². The Morgan fingerprint density at radius 3 is 2.71 bits per heavy atom. The number of rotatable bonds is 6. The average molecular weight is 389 g/mol. The van der Waals surface area contributed by atoms with Gasteiger partial charge in [0, 0.05) is 17.2 Å². The summed E-state index contributed by atoms with van der Waals surface area (Å²) in [6.45, 7) is 0.0669. The third-order valence-electron chi connectivity index (χ3n) is 4.50. The Labute approximate surface area is 161 Å². The lowest BCUT2D eigenvalue weighted by atomic mass is 10.1. The van der Waals surface area contributed by atoms with Gasteiger partial charge in [0.25, 0.3) is 5.91 Å². The highest BCUT2D eigenvalue weighted by atomic mass is 19.1. The predicted octanol–water partition coefficient (Wildman–Crippen LogP) is 2.75. The first kappa shape index (κ1) is 19.6. The molecule has 1 aliphatic heterocycles. The summed E-state index contributed by atoms with van der Waals surface area (Å²) >= 11 is 0. The summed E-state index contributed by atoms with van der Waals surface area (Å²) in [6.07, 6.45) is -1.65. The second-order valence-electron chi connectivity index (χ2n) is 6.27. The highest BCUT2D eigenvalue weighted by Crippen LogP contribution is 2.32. The molecule has 28 heavy (non-hydrogen) atoms. The van der Waals surface area contributed by atoms with Gasteiger partial charge in [0.2, 0.25) is 0 Å². The van der Waals surface area contributed by atoms with Crippen LogP contribution < -0.4 is 14.4 Å². The minimum absolute atomic E-state index is 0.00947. The predicted molar refractivity (Wildman–Crippen MR) is 98.0 cm³/mol. The van der Waals surface area contributed by atoms with Crippen LogP contribution in [-0.2, 0) is 27.5 Å². The molecule has 1 aliphatic rings. The van der Waals surface area contributed by atoms with E-state index < -0.39 is 30.2 Å². The summed E-state index contributed by atoms with van der Waals surface area (Å²) < 4.78 is 30.0. The van der Waals surface area contributed by atoms with E-state index in [4.69, 9.17) is 19.3 Å². The number of carboxylic acid groups (broad SMARTS) is 1. The van der Waals surface area contributed by atoms with Crippen molar-refractivity contribution in [1.29, 1.82) is 0 Å². The fourth-order valence-corrected chi connectivity index (χ4v) is 3.09. The Morgan fingerprint density at radius 2 is 2.04 bits per heavy atom. The molecular weight excluding hydrogens is 369 g/mol.